The molecule has 1 aliphatic heterocycles. The number of ether oxygens (including phenoxy) is 2. The molecule has 1 aliphatic rings. The lowest BCUT2D eigenvalue weighted by Crippen LogP contribution is -2.35. The smallest absolute Gasteiger partial charge is 0.230 e. The number of nitrogens with one attached hydrogen (secondary N) is 1. The van der Waals surface area contributed by atoms with Crippen molar-refractivity contribution in [3.05, 3.63) is 53.6 Å². The Labute approximate surface area is 171 Å². The Morgan fingerprint density at radius 2 is 1.82 bits per heavy atom. The number of benzene rings is 2. The van der Waals surface area contributed by atoms with Crippen molar-refractivity contribution < 1.29 is 14.3 Å². The maximum atomic E-state index is 12.4. The predicted octanol–water partition coefficient (Wildman–Crippen LogP) is 3.53. The van der Waals surface area contributed by atoms with E-state index in [1.807, 2.05) is 32.3 Å². The van der Waals surface area contributed by atoms with Crippen LogP contribution in [0.25, 0.3) is 0 Å². The summed E-state index contributed by atoms with van der Waals surface area (Å²) in [5.41, 5.74) is 2.53. The summed E-state index contributed by atoms with van der Waals surface area (Å²) in [6.45, 7) is 3.87. The second-order valence-electron chi connectivity index (χ2n) is 6.97. The highest BCUT2D eigenvalue weighted by Crippen LogP contribution is 2.34. The van der Waals surface area contributed by atoms with Crippen molar-refractivity contribution in [2.45, 2.75) is 24.3 Å². The van der Waals surface area contributed by atoms with E-state index in [1.165, 1.54) is 22.9 Å². The highest BCUT2D eigenvalue weighted by Gasteiger charge is 2.16. The third-order valence-corrected chi connectivity index (χ3v) is 5.77. The molecule has 5 nitrogen and oxygen atoms in total. The molecule has 0 saturated carbocycles. The summed E-state index contributed by atoms with van der Waals surface area (Å²) in [7, 11) is 4.07. The lowest BCUT2D eigenvalue weighted by molar-refractivity contribution is -0.118. The zero-order chi connectivity index (χ0) is 19.9. The number of hydrogen-bond acceptors (Lipinski definition) is 5. The minimum atomic E-state index is 0.0249. The fourth-order valence-corrected chi connectivity index (χ4v) is 3.85. The van der Waals surface area contributed by atoms with Gasteiger partial charge in [-0.05, 0) is 49.8 Å². The van der Waals surface area contributed by atoms with Crippen LogP contribution in [0.15, 0.2) is 47.4 Å². The molecule has 2 aromatic rings. The molecule has 6 heteroatoms. The summed E-state index contributed by atoms with van der Waals surface area (Å²) in [6.07, 6.45) is 1.03. The van der Waals surface area contributed by atoms with E-state index in [9.17, 15) is 4.79 Å². The molecule has 1 unspecified atom stereocenters. The summed E-state index contributed by atoms with van der Waals surface area (Å²) < 4.78 is 11.1. The van der Waals surface area contributed by atoms with E-state index >= 15 is 0 Å². The van der Waals surface area contributed by atoms with E-state index in [2.05, 4.69) is 41.4 Å². The molecule has 1 amide bonds. The van der Waals surface area contributed by atoms with Gasteiger partial charge in [0.25, 0.3) is 0 Å². The Balaban J connectivity index is 1.52. The molecule has 0 radical (unpaired) electrons. The standard InChI is InChI=1S/C22H28N2O3S/c1-4-16-5-7-17(8-6-16)19(24(2)3)14-23-22(25)15-28-18-9-10-20-21(13-18)27-12-11-26-20/h5-10,13,19H,4,11-12,14-15H2,1-3H3,(H,23,25). The first kappa shape index (κ1) is 20.6. The van der Waals surface area contributed by atoms with Crippen LogP contribution in [0.5, 0.6) is 11.5 Å². The van der Waals surface area contributed by atoms with Gasteiger partial charge in [-0.1, -0.05) is 31.2 Å². The predicted molar refractivity (Wildman–Crippen MR) is 113 cm³/mol. The van der Waals surface area contributed by atoms with E-state index in [-0.39, 0.29) is 11.9 Å². The number of hydrogen-bond donors (Lipinski definition) is 1. The second kappa shape index (κ2) is 9.85. The Morgan fingerprint density at radius 1 is 1.11 bits per heavy atom. The Hall–Kier alpha value is -2.18. The minimum absolute atomic E-state index is 0.0249. The average Bonchev–Trinajstić information content (AvgIpc) is 2.72. The number of nitrogens with zero attached hydrogens (tertiary/aromatic N) is 1. The number of carbonyl (C=O) groups excluding carboxylic acids is 1. The first-order chi connectivity index (χ1) is 13.6. The number of aryl methyl sites for hydroxylation is 1. The van der Waals surface area contributed by atoms with Gasteiger partial charge < -0.3 is 19.7 Å². The molecule has 0 aromatic heterocycles. The largest absolute Gasteiger partial charge is 0.486 e. The van der Waals surface area contributed by atoms with Crippen LogP contribution in [-0.2, 0) is 11.2 Å². The molecular formula is C22H28N2O3S. The summed E-state index contributed by atoms with van der Waals surface area (Å²) in [6, 6.07) is 14.6. The van der Waals surface area contributed by atoms with Crippen molar-refractivity contribution in [2.75, 3.05) is 39.6 Å². The molecule has 0 saturated heterocycles. The lowest BCUT2D eigenvalue weighted by Gasteiger charge is -2.25. The Bertz CT molecular complexity index is 793. The molecule has 150 valence electrons. The molecule has 0 bridgehead atoms. The maximum absolute atomic E-state index is 12.4. The SMILES string of the molecule is CCc1ccc(C(CNC(=O)CSc2ccc3c(c2)OCCO3)N(C)C)cc1. The van der Waals surface area contributed by atoms with Crippen LogP contribution in [0.2, 0.25) is 0 Å². The molecule has 0 spiro atoms. The molecular weight excluding hydrogens is 372 g/mol. The van der Waals surface area contributed by atoms with Crippen molar-refractivity contribution in [2.24, 2.45) is 0 Å². The Morgan fingerprint density at radius 3 is 2.50 bits per heavy atom. The topological polar surface area (TPSA) is 50.8 Å². The van der Waals surface area contributed by atoms with Gasteiger partial charge in [0.2, 0.25) is 5.91 Å². The van der Waals surface area contributed by atoms with Crippen LogP contribution in [0.3, 0.4) is 0 Å². The first-order valence-electron chi connectivity index (χ1n) is 9.61. The maximum Gasteiger partial charge on any atom is 0.230 e. The zero-order valence-electron chi connectivity index (χ0n) is 16.7. The zero-order valence-corrected chi connectivity index (χ0v) is 17.6. The van der Waals surface area contributed by atoms with Gasteiger partial charge >= 0.3 is 0 Å². The van der Waals surface area contributed by atoms with Crippen LogP contribution < -0.4 is 14.8 Å². The van der Waals surface area contributed by atoms with E-state index in [1.54, 1.807) is 0 Å². The quantitative estimate of drug-likeness (QED) is 0.687. The highest BCUT2D eigenvalue weighted by atomic mass is 32.2. The van der Waals surface area contributed by atoms with E-state index in [4.69, 9.17) is 9.47 Å². The number of carbonyl (C=O) groups is 1. The number of fused-ring (bicyclic) bond motifs is 1. The molecule has 28 heavy (non-hydrogen) atoms. The Kier molecular flexibility index (Phi) is 7.23. The van der Waals surface area contributed by atoms with E-state index < -0.39 is 0 Å². The van der Waals surface area contributed by atoms with Crippen molar-refractivity contribution in [3.63, 3.8) is 0 Å². The van der Waals surface area contributed by atoms with E-state index in [0.29, 0.717) is 25.5 Å². The molecule has 3 rings (SSSR count). The van der Waals surface area contributed by atoms with Gasteiger partial charge in [0.1, 0.15) is 13.2 Å². The van der Waals surface area contributed by atoms with E-state index in [0.717, 1.165) is 22.8 Å². The van der Waals surface area contributed by atoms with Gasteiger partial charge in [0.15, 0.2) is 11.5 Å². The lowest BCUT2D eigenvalue weighted by atomic mass is 10.0. The van der Waals surface area contributed by atoms with Gasteiger partial charge in [0, 0.05) is 11.4 Å². The average molecular weight is 401 g/mol. The van der Waals surface area contributed by atoms with Gasteiger partial charge in [-0.3, -0.25) is 4.79 Å². The summed E-state index contributed by atoms with van der Waals surface area (Å²) in [5.74, 6) is 1.91. The second-order valence-corrected chi connectivity index (χ2v) is 8.02. The molecule has 1 heterocycles. The number of amides is 1. The van der Waals surface area contributed by atoms with Crippen LogP contribution in [-0.4, -0.2) is 50.4 Å². The fourth-order valence-electron chi connectivity index (χ4n) is 3.10. The number of likely N-dealkylation sites (N-methyl/N-ethyl adjacent to an activating group) is 1. The molecule has 1 atom stereocenters. The monoisotopic (exact) mass is 400 g/mol. The van der Waals surface area contributed by atoms with Gasteiger partial charge in [-0.25, -0.2) is 0 Å². The summed E-state index contributed by atoms with van der Waals surface area (Å²) >= 11 is 1.50. The van der Waals surface area contributed by atoms with Gasteiger partial charge in [0.05, 0.1) is 11.8 Å². The molecule has 2 aromatic carbocycles. The van der Waals surface area contributed by atoms with Crippen molar-refractivity contribution in [1.82, 2.24) is 10.2 Å². The van der Waals surface area contributed by atoms with Crippen molar-refractivity contribution >= 4 is 17.7 Å². The highest BCUT2D eigenvalue weighted by molar-refractivity contribution is 8.00. The molecule has 0 fully saturated rings. The van der Waals surface area contributed by atoms with Crippen LogP contribution in [0.4, 0.5) is 0 Å². The van der Waals surface area contributed by atoms with Crippen LogP contribution >= 0.6 is 11.8 Å². The fraction of sp³-hybridized carbons (Fsp3) is 0.409. The molecule has 0 aliphatic carbocycles. The molecule has 1 N–H and O–H groups in total. The van der Waals surface area contributed by atoms with Crippen molar-refractivity contribution in [1.29, 1.82) is 0 Å². The summed E-state index contributed by atoms with van der Waals surface area (Å²) in [5, 5.41) is 3.07. The van der Waals surface area contributed by atoms with Crippen molar-refractivity contribution in [3.8, 4) is 11.5 Å². The van der Waals surface area contributed by atoms with Gasteiger partial charge in [-0.2, -0.15) is 0 Å². The summed E-state index contributed by atoms with van der Waals surface area (Å²) in [4.78, 5) is 15.5. The minimum Gasteiger partial charge on any atom is -0.486 e. The third-order valence-electron chi connectivity index (χ3n) is 4.77. The third kappa shape index (κ3) is 5.42. The first-order valence-corrected chi connectivity index (χ1v) is 10.6. The van der Waals surface area contributed by atoms with Crippen LogP contribution in [0, 0.1) is 0 Å². The number of thioether (sulfide) groups is 1. The van der Waals surface area contributed by atoms with Crippen LogP contribution in [0.1, 0.15) is 24.1 Å². The number of rotatable bonds is 8. The normalized spacial score (nSPS) is 14.0. The van der Waals surface area contributed by atoms with Gasteiger partial charge in [-0.15, -0.1) is 11.8 Å².